The van der Waals surface area contributed by atoms with Crippen LogP contribution >= 0.6 is 0 Å². The average Bonchev–Trinajstić information content (AvgIpc) is 3.57. The van der Waals surface area contributed by atoms with Crippen molar-refractivity contribution in [1.82, 2.24) is 19.9 Å². The van der Waals surface area contributed by atoms with E-state index in [1.807, 2.05) is 13.1 Å². The fraction of sp³-hybridized carbons (Fsp3) is 0.571. The largest absolute Gasteiger partial charge is 0.461 e. The Balaban J connectivity index is 1.43. The highest BCUT2D eigenvalue weighted by molar-refractivity contribution is 5.95. The van der Waals surface area contributed by atoms with E-state index in [1.54, 1.807) is 7.11 Å². The molecule has 8 heteroatoms. The van der Waals surface area contributed by atoms with Gasteiger partial charge in [0.25, 0.3) is 0 Å². The molecular weight excluding hydrogens is 538 g/mol. The predicted octanol–water partition coefficient (Wildman–Crippen LogP) is 6.19. The first kappa shape index (κ1) is 30.0. The van der Waals surface area contributed by atoms with Crippen LogP contribution in [0, 0.1) is 6.92 Å². The van der Waals surface area contributed by atoms with Crippen LogP contribution in [0.5, 0.6) is 6.01 Å². The molecule has 0 spiro atoms. The molecule has 230 valence electrons. The molecule has 3 atom stereocenters. The lowest BCUT2D eigenvalue weighted by atomic mass is 9.93. The summed E-state index contributed by atoms with van der Waals surface area (Å²) in [6.45, 7) is 12.1. The minimum atomic E-state index is -0.773. The smallest absolute Gasteiger partial charge is 0.319 e. The van der Waals surface area contributed by atoms with Gasteiger partial charge >= 0.3 is 6.01 Å². The average molecular weight is 586 g/mol. The molecule has 6 rings (SSSR count). The molecule has 8 nitrogen and oxygen atoms in total. The van der Waals surface area contributed by atoms with Crippen LogP contribution in [0.3, 0.4) is 0 Å². The summed E-state index contributed by atoms with van der Waals surface area (Å²) in [7, 11) is 1.79. The lowest BCUT2D eigenvalue weighted by Gasteiger charge is -2.38. The first-order valence-corrected chi connectivity index (χ1v) is 16.1. The molecule has 0 aliphatic carbocycles. The normalized spacial score (nSPS) is 26.3. The van der Waals surface area contributed by atoms with Crippen LogP contribution in [0.15, 0.2) is 36.5 Å². The topological polar surface area (TPSA) is 83.8 Å². The number of aryl methyl sites for hydroxylation is 1. The van der Waals surface area contributed by atoms with Gasteiger partial charge in [0.2, 0.25) is 0 Å². The number of aromatic nitrogens is 3. The first-order valence-electron chi connectivity index (χ1n) is 16.1. The van der Waals surface area contributed by atoms with Gasteiger partial charge in [-0.05, 0) is 83.4 Å². The van der Waals surface area contributed by atoms with Crippen LogP contribution < -0.4 is 9.64 Å². The van der Waals surface area contributed by atoms with E-state index in [1.165, 1.54) is 17.6 Å². The van der Waals surface area contributed by atoms with E-state index in [4.69, 9.17) is 24.4 Å². The van der Waals surface area contributed by atoms with Gasteiger partial charge < -0.3 is 19.5 Å². The molecule has 1 N–H and O–H groups in total. The zero-order valence-electron chi connectivity index (χ0n) is 26.5. The maximum Gasteiger partial charge on any atom is 0.319 e. The summed E-state index contributed by atoms with van der Waals surface area (Å²) < 4.78 is 12.1. The van der Waals surface area contributed by atoms with E-state index in [2.05, 4.69) is 60.9 Å². The Morgan fingerprint density at radius 1 is 1.14 bits per heavy atom. The summed E-state index contributed by atoms with van der Waals surface area (Å²) in [4.78, 5) is 19.9. The second-order valence-electron chi connectivity index (χ2n) is 13.0. The Hall–Kier alpha value is -3.07. The quantitative estimate of drug-likeness (QED) is 0.319. The number of benzene rings is 1. The number of hydrogen-bond donors (Lipinski definition) is 1. The summed E-state index contributed by atoms with van der Waals surface area (Å²) in [6, 6.07) is 9.35. The maximum atomic E-state index is 11.0. The summed E-state index contributed by atoms with van der Waals surface area (Å²) in [6.07, 6.45) is 11.3. The lowest BCUT2D eigenvalue weighted by Crippen LogP contribution is -2.48. The van der Waals surface area contributed by atoms with Crippen LogP contribution in [0.1, 0.15) is 76.8 Å². The van der Waals surface area contributed by atoms with Gasteiger partial charge in [0.15, 0.2) is 0 Å². The number of pyridine rings is 1. The van der Waals surface area contributed by atoms with Gasteiger partial charge in [-0.1, -0.05) is 37.3 Å². The molecule has 2 aromatic heterocycles. The van der Waals surface area contributed by atoms with Gasteiger partial charge in [-0.2, -0.15) is 9.97 Å². The van der Waals surface area contributed by atoms with E-state index >= 15 is 0 Å². The highest BCUT2D eigenvalue weighted by Crippen LogP contribution is 2.43. The molecule has 0 bridgehead atoms. The molecule has 0 saturated carbocycles. The molecule has 5 heterocycles. The van der Waals surface area contributed by atoms with Crippen molar-refractivity contribution in [2.45, 2.75) is 89.8 Å². The second-order valence-corrected chi connectivity index (χ2v) is 13.0. The van der Waals surface area contributed by atoms with Crippen molar-refractivity contribution in [2.24, 2.45) is 0 Å². The Morgan fingerprint density at radius 3 is 2.72 bits per heavy atom. The summed E-state index contributed by atoms with van der Waals surface area (Å²) in [5, 5.41) is 11.9. The molecule has 1 aromatic carbocycles. The van der Waals surface area contributed by atoms with E-state index in [-0.39, 0.29) is 5.54 Å². The van der Waals surface area contributed by atoms with Crippen LogP contribution in [-0.4, -0.2) is 82.1 Å². The summed E-state index contributed by atoms with van der Waals surface area (Å²) in [5.74, 6) is 0.794. The zero-order valence-corrected chi connectivity index (χ0v) is 26.5. The molecular formula is C35H47N5O3. The van der Waals surface area contributed by atoms with Gasteiger partial charge in [-0.25, -0.2) is 0 Å². The minimum absolute atomic E-state index is 0.0108. The number of ether oxygens (including phenoxy) is 2. The third kappa shape index (κ3) is 5.65. The SMILES string of the molecule is C/C=C(\CC)c1ccccc1-c1ncc2c(N3CCC[C@@](C)(O)C3)nc(OC[C@@]34CCCN3C(COC)CC4)nc2c1C. The van der Waals surface area contributed by atoms with Crippen LogP contribution in [0.25, 0.3) is 27.7 Å². The second kappa shape index (κ2) is 12.1. The number of nitrogens with zero attached hydrogens (tertiary/aromatic N) is 5. The van der Waals surface area contributed by atoms with E-state index in [0.717, 1.165) is 91.8 Å². The maximum absolute atomic E-state index is 11.0. The van der Waals surface area contributed by atoms with Crippen LogP contribution in [0.2, 0.25) is 0 Å². The van der Waals surface area contributed by atoms with Gasteiger partial charge in [0.1, 0.15) is 12.4 Å². The van der Waals surface area contributed by atoms with E-state index in [9.17, 15) is 5.11 Å². The van der Waals surface area contributed by atoms with Gasteiger partial charge in [-0.15, -0.1) is 0 Å². The Kier molecular flexibility index (Phi) is 8.46. The number of aliphatic hydroxyl groups is 1. The van der Waals surface area contributed by atoms with Gasteiger partial charge in [0.05, 0.1) is 34.3 Å². The van der Waals surface area contributed by atoms with Crippen molar-refractivity contribution in [1.29, 1.82) is 0 Å². The fourth-order valence-electron chi connectivity index (χ4n) is 7.86. The Labute approximate surface area is 256 Å². The number of piperidine rings is 1. The molecule has 0 radical (unpaired) electrons. The summed E-state index contributed by atoms with van der Waals surface area (Å²) in [5.41, 5.74) is 5.63. The van der Waals surface area contributed by atoms with Crippen molar-refractivity contribution in [3.63, 3.8) is 0 Å². The molecule has 3 aliphatic heterocycles. The third-order valence-corrected chi connectivity index (χ3v) is 10.0. The molecule has 3 saturated heterocycles. The van der Waals surface area contributed by atoms with Gasteiger partial charge in [0, 0.05) is 43.6 Å². The number of allylic oxidation sites excluding steroid dienone is 2. The molecule has 43 heavy (non-hydrogen) atoms. The summed E-state index contributed by atoms with van der Waals surface area (Å²) >= 11 is 0. The minimum Gasteiger partial charge on any atom is -0.461 e. The third-order valence-electron chi connectivity index (χ3n) is 10.0. The van der Waals surface area contributed by atoms with Crippen molar-refractivity contribution in [2.75, 3.05) is 44.9 Å². The van der Waals surface area contributed by atoms with E-state index in [0.29, 0.717) is 25.2 Å². The highest BCUT2D eigenvalue weighted by atomic mass is 16.5. The number of anilines is 1. The fourth-order valence-corrected chi connectivity index (χ4v) is 7.86. The van der Waals surface area contributed by atoms with Gasteiger partial charge in [-0.3, -0.25) is 9.88 Å². The predicted molar refractivity (Wildman–Crippen MR) is 173 cm³/mol. The molecule has 1 unspecified atom stereocenters. The molecule has 3 aromatic rings. The van der Waals surface area contributed by atoms with Crippen LogP contribution in [0.4, 0.5) is 5.82 Å². The van der Waals surface area contributed by atoms with Crippen molar-refractivity contribution >= 4 is 22.3 Å². The monoisotopic (exact) mass is 585 g/mol. The number of fused-ring (bicyclic) bond motifs is 2. The first-order chi connectivity index (χ1) is 20.8. The lowest BCUT2D eigenvalue weighted by molar-refractivity contribution is 0.0445. The van der Waals surface area contributed by atoms with Crippen molar-refractivity contribution < 1.29 is 14.6 Å². The Bertz CT molecular complexity index is 1500. The molecule has 3 fully saturated rings. The number of hydrogen-bond acceptors (Lipinski definition) is 8. The number of rotatable bonds is 9. The van der Waals surface area contributed by atoms with Crippen molar-refractivity contribution in [3.05, 3.63) is 47.7 Å². The van der Waals surface area contributed by atoms with Crippen LogP contribution in [-0.2, 0) is 4.74 Å². The number of methoxy groups -OCH3 is 1. The highest BCUT2D eigenvalue weighted by Gasteiger charge is 2.49. The Morgan fingerprint density at radius 2 is 1.95 bits per heavy atom. The number of β-amino-alcohol motifs (C(OH)–C–C–N with tert-alkyl or cyclic N) is 1. The molecule has 0 amide bonds. The van der Waals surface area contributed by atoms with Crippen molar-refractivity contribution in [3.8, 4) is 17.3 Å². The zero-order chi connectivity index (χ0) is 30.2. The standard InChI is InChI=1S/C35H47N5O3/c1-6-25(7-2)27-12-8-9-13-28(27)30-24(3)31-29(20-36-30)32(39-18-10-15-34(4,41)22-39)38-33(37-31)43-23-35-16-11-19-40(35)26(14-17-35)21-42-5/h6,8-9,12-13,20,26,41H,7,10-11,14-19,21-23H2,1-5H3/b25-6+/t26?,34-,35+/m1/s1. The van der Waals surface area contributed by atoms with E-state index < -0.39 is 5.60 Å². The molecule has 3 aliphatic rings.